The number of methoxy groups -OCH3 is 1. The number of carbonyl (C=O) groups is 2. The number of anilines is 1. The standard InChI is InChI=1S/C18H18ClFN2O3/c1-3-22(18(24)15-8-7-12(20)9-16(15)19)11-17(23)21-13-5-4-6-14(10-13)25-2/h4-10H,3,11H2,1-2H3,(H,21,23). The van der Waals surface area contributed by atoms with E-state index < -0.39 is 11.7 Å². The maximum Gasteiger partial charge on any atom is 0.255 e. The third-order valence-corrected chi connectivity index (χ3v) is 3.83. The van der Waals surface area contributed by atoms with Crippen LogP contribution in [0.5, 0.6) is 5.75 Å². The molecule has 0 aliphatic rings. The minimum absolute atomic E-state index is 0.0108. The molecule has 132 valence electrons. The zero-order valence-corrected chi connectivity index (χ0v) is 14.6. The number of nitrogens with zero attached hydrogens (tertiary/aromatic N) is 1. The highest BCUT2D eigenvalue weighted by Crippen LogP contribution is 2.20. The van der Waals surface area contributed by atoms with Gasteiger partial charge in [0, 0.05) is 18.3 Å². The first-order valence-electron chi connectivity index (χ1n) is 7.62. The summed E-state index contributed by atoms with van der Waals surface area (Å²) >= 11 is 5.92. The highest BCUT2D eigenvalue weighted by Gasteiger charge is 2.20. The van der Waals surface area contributed by atoms with E-state index in [1.807, 2.05) is 0 Å². The lowest BCUT2D eigenvalue weighted by molar-refractivity contribution is -0.116. The number of rotatable bonds is 6. The van der Waals surface area contributed by atoms with E-state index >= 15 is 0 Å². The van der Waals surface area contributed by atoms with Crippen LogP contribution in [0.1, 0.15) is 17.3 Å². The van der Waals surface area contributed by atoms with E-state index in [1.165, 1.54) is 18.1 Å². The van der Waals surface area contributed by atoms with Gasteiger partial charge in [-0.3, -0.25) is 9.59 Å². The molecule has 0 bridgehead atoms. The van der Waals surface area contributed by atoms with Crippen LogP contribution >= 0.6 is 11.6 Å². The summed E-state index contributed by atoms with van der Waals surface area (Å²) in [6.45, 7) is 1.90. The van der Waals surface area contributed by atoms with Gasteiger partial charge in [-0.05, 0) is 37.3 Å². The summed E-state index contributed by atoms with van der Waals surface area (Å²) in [5.41, 5.74) is 0.715. The van der Waals surface area contributed by atoms with Crippen LogP contribution in [-0.2, 0) is 4.79 Å². The molecule has 1 N–H and O–H groups in total. The lowest BCUT2D eigenvalue weighted by atomic mass is 10.2. The Labute approximate surface area is 150 Å². The molecule has 0 atom stereocenters. The highest BCUT2D eigenvalue weighted by molar-refractivity contribution is 6.33. The number of carbonyl (C=O) groups excluding carboxylic acids is 2. The van der Waals surface area contributed by atoms with E-state index in [1.54, 1.807) is 31.2 Å². The quantitative estimate of drug-likeness (QED) is 0.852. The Hall–Kier alpha value is -2.60. The molecule has 0 spiro atoms. The van der Waals surface area contributed by atoms with Crippen LogP contribution in [-0.4, -0.2) is 36.9 Å². The van der Waals surface area contributed by atoms with Gasteiger partial charge in [-0.2, -0.15) is 0 Å². The number of amides is 2. The molecule has 2 aromatic rings. The van der Waals surface area contributed by atoms with E-state index in [-0.39, 0.29) is 23.0 Å². The maximum absolute atomic E-state index is 13.1. The number of halogens is 2. The molecule has 0 heterocycles. The molecule has 25 heavy (non-hydrogen) atoms. The monoisotopic (exact) mass is 364 g/mol. The van der Waals surface area contributed by atoms with Crippen molar-refractivity contribution >= 4 is 29.1 Å². The van der Waals surface area contributed by atoms with Crippen LogP contribution in [0.2, 0.25) is 5.02 Å². The van der Waals surface area contributed by atoms with Gasteiger partial charge in [-0.25, -0.2) is 4.39 Å². The Kier molecular flexibility index (Phi) is 6.36. The van der Waals surface area contributed by atoms with E-state index in [9.17, 15) is 14.0 Å². The number of hydrogen-bond acceptors (Lipinski definition) is 3. The molecule has 0 aromatic heterocycles. The molecular weight excluding hydrogens is 347 g/mol. The fraction of sp³-hybridized carbons (Fsp3) is 0.222. The SMILES string of the molecule is CCN(CC(=O)Nc1cccc(OC)c1)C(=O)c1ccc(F)cc1Cl. The lowest BCUT2D eigenvalue weighted by Crippen LogP contribution is -2.38. The van der Waals surface area contributed by atoms with Crippen molar-refractivity contribution in [3.8, 4) is 5.75 Å². The van der Waals surface area contributed by atoms with Crippen LogP contribution in [0.15, 0.2) is 42.5 Å². The van der Waals surface area contributed by atoms with Crippen molar-refractivity contribution in [2.45, 2.75) is 6.92 Å². The Balaban J connectivity index is 2.07. The van der Waals surface area contributed by atoms with E-state index in [0.717, 1.165) is 12.1 Å². The average Bonchev–Trinajstić information content (AvgIpc) is 2.59. The van der Waals surface area contributed by atoms with Crippen molar-refractivity contribution in [1.29, 1.82) is 0 Å². The molecule has 0 radical (unpaired) electrons. The van der Waals surface area contributed by atoms with Gasteiger partial charge in [0.2, 0.25) is 5.91 Å². The molecule has 0 saturated heterocycles. The van der Waals surface area contributed by atoms with Gasteiger partial charge < -0.3 is 15.0 Å². The molecule has 0 unspecified atom stereocenters. The number of nitrogens with one attached hydrogen (secondary N) is 1. The van der Waals surface area contributed by atoms with Crippen LogP contribution in [0.4, 0.5) is 10.1 Å². The summed E-state index contributed by atoms with van der Waals surface area (Å²) in [5, 5.41) is 2.72. The zero-order chi connectivity index (χ0) is 18.4. The fourth-order valence-electron chi connectivity index (χ4n) is 2.24. The Morgan fingerprint density at radius 3 is 2.64 bits per heavy atom. The van der Waals surface area contributed by atoms with Gasteiger partial charge in [0.15, 0.2) is 0 Å². The van der Waals surface area contributed by atoms with Gasteiger partial charge in [-0.15, -0.1) is 0 Å². The lowest BCUT2D eigenvalue weighted by Gasteiger charge is -2.21. The Morgan fingerprint density at radius 2 is 2.00 bits per heavy atom. The smallest absolute Gasteiger partial charge is 0.255 e. The van der Waals surface area contributed by atoms with Crippen molar-refractivity contribution in [2.24, 2.45) is 0 Å². The molecule has 0 aliphatic heterocycles. The molecular formula is C18H18ClFN2O3. The van der Waals surface area contributed by atoms with E-state index in [2.05, 4.69) is 5.32 Å². The predicted octanol–water partition coefficient (Wildman–Crippen LogP) is 3.59. The van der Waals surface area contributed by atoms with Crippen molar-refractivity contribution in [3.05, 3.63) is 58.9 Å². The van der Waals surface area contributed by atoms with Crippen LogP contribution in [0, 0.1) is 5.82 Å². The average molecular weight is 365 g/mol. The first kappa shape index (κ1) is 18.7. The van der Waals surface area contributed by atoms with Gasteiger partial charge in [0.1, 0.15) is 18.1 Å². The molecule has 0 fully saturated rings. The second kappa shape index (κ2) is 8.48. The first-order valence-corrected chi connectivity index (χ1v) is 8.00. The summed E-state index contributed by atoms with van der Waals surface area (Å²) in [4.78, 5) is 26.1. The van der Waals surface area contributed by atoms with E-state index in [4.69, 9.17) is 16.3 Å². The van der Waals surface area contributed by atoms with Crippen molar-refractivity contribution in [3.63, 3.8) is 0 Å². The number of likely N-dealkylation sites (N-methyl/N-ethyl adjacent to an activating group) is 1. The third-order valence-electron chi connectivity index (χ3n) is 3.52. The number of hydrogen-bond donors (Lipinski definition) is 1. The summed E-state index contributed by atoms with van der Waals surface area (Å²) in [6.07, 6.45) is 0. The van der Waals surface area contributed by atoms with Crippen LogP contribution in [0.25, 0.3) is 0 Å². The van der Waals surface area contributed by atoms with Crippen LogP contribution in [0.3, 0.4) is 0 Å². The Morgan fingerprint density at radius 1 is 1.24 bits per heavy atom. The minimum Gasteiger partial charge on any atom is -0.497 e. The normalized spacial score (nSPS) is 10.2. The van der Waals surface area contributed by atoms with Crippen LogP contribution < -0.4 is 10.1 Å². The minimum atomic E-state index is -0.527. The van der Waals surface area contributed by atoms with Gasteiger partial charge in [0.25, 0.3) is 5.91 Å². The molecule has 2 aromatic carbocycles. The first-order chi connectivity index (χ1) is 11.9. The van der Waals surface area contributed by atoms with Gasteiger partial charge >= 0.3 is 0 Å². The molecule has 2 amide bonds. The second-order valence-corrected chi connectivity index (χ2v) is 5.63. The zero-order valence-electron chi connectivity index (χ0n) is 13.9. The highest BCUT2D eigenvalue weighted by atomic mass is 35.5. The van der Waals surface area contributed by atoms with Gasteiger partial charge in [-0.1, -0.05) is 17.7 Å². The summed E-state index contributed by atoms with van der Waals surface area (Å²) in [5.74, 6) is -0.713. The molecule has 0 saturated carbocycles. The topological polar surface area (TPSA) is 58.6 Å². The largest absolute Gasteiger partial charge is 0.497 e. The predicted molar refractivity (Wildman–Crippen MR) is 94.6 cm³/mol. The van der Waals surface area contributed by atoms with Crippen molar-refractivity contribution < 1.29 is 18.7 Å². The summed E-state index contributed by atoms with van der Waals surface area (Å²) < 4.78 is 18.2. The molecule has 2 rings (SSSR count). The van der Waals surface area contributed by atoms with E-state index in [0.29, 0.717) is 18.0 Å². The maximum atomic E-state index is 13.1. The van der Waals surface area contributed by atoms with Gasteiger partial charge in [0.05, 0.1) is 17.7 Å². The second-order valence-electron chi connectivity index (χ2n) is 5.22. The fourth-order valence-corrected chi connectivity index (χ4v) is 2.48. The summed E-state index contributed by atoms with van der Waals surface area (Å²) in [7, 11) is 1.53. The number of benzene rings is 2. The summed E-state index contributed by atoms with van der Waals surface area (Å²) in [6, 6.07) is 10.4. The third kappa shape index (κ3) is 4.93. The molecule has 7 heteroatoms. The van der Waals surface area contributed by atoms with Crippen molar-refractivity contribution in [1.82, 2.24) is 4.90 Å². The molecule has 5 nitrogen and oxygen atoms in total. The number of ether oxygens (including phenoxy) is 1. The Bertz CT molecular complexity index is 783. The molecule has 0 aliphatic carbocycles. The van der Waals surface area contributed by atoms with Crippen molar-refractivity contribution in [2.75, 3.05) is 25.5 Å².